The van der Waals surface area contributed by atoms with E-state index in [-0.39, 0.29) is 0 Å². The molecule has 3 heteroatoms. The van der Waals surface area contributed by atoms with Crippen LogP contribution in [0.1, 0.15) is 124 Å². The Morgan fingerprint density at radius 2 is 0.943 bits per heavy atom. The first-order chi connectivity index (χ1) is 17.1. The van der Waals surface area contributed by atoms with Gasteiger partial charge in [-0.15, -0.1) is 34.0 Å². The molecule has 194 valence electrons. The molecule has 3 aromatic rings. The Kier molecular flexibility index (Phi) is 12.6. The first kappa shape index (κ1) is 28.7. The zero-order valence-electron chi connectivity index (χ0n) is 23.1. The zero-order chi connectivity index (χ0) is 25.0. The average Bonchev–Trinajstić information content (AvgIpc) is 3.54. The van der Waals surface area contributed by atoms with Crippen molar-refractivity contribution in [3.63, 3.8) is 0 Å². The lowest BCUT2D eigenvalue weighted by atomic mass is 10.0. The second-order valence-electron chi connectivity index (χ2n) is 10.3. The third-order valence-corrected chi connectivity index (χ3v) is 10.8. The van der Waals surface area contributed by atoms with Gasteiger partial charge < -0.3 is 0 Å². The number of hydrogen-bond acceptors (Lipinski definition) is 3. The number of thiophene rings is 3. The maximum atomic E-state index is 2.57. The normalized spacial score (nSPS) is 11.6. The minimum Gasteiger partial charge on any atom is -0.139 e. The molecule has 0 atom stereocenters. The molecular weight excluding hydrogens is 481 g/mol. The van der Waals surface area contributed by atoms with Gasteiger partial charge in [0.1, 0.15) is 0 Å². The van der Waals surface area contributed by atoms with E-state index in [9.17, 15) is 0 Å². The molecule has 0 saturated heterocycles. The van der Waals surface area contributed by atoms with Crippen LogP contribution in [-0.2, 0) is 19.3 Å². The quantitative estimate of drug-likeness (QED) is 0.153. The highest BCUT2D eigenvalue weighted by Gasteiger charge is 2.19. The van der Waals surface area contributed by atoms with Crippen LogP contribution in [0.4, 0.5) is 0 Å². The second-order valence-corrected chi connectivity index (χ2v) is 13.9. The van der Waals surface area contributed by atoms with Crippen LogP contribution in [0.25, 0.3) is 19.5 Å². The van der Waals surface area contributed by atoms with Gasteiger partial charge in [-0.25, -0.2) is 0 Å². The molecule has 0 bridgehead atoms. The minimum atomic E-state index is 1.23. The fourth-order valence-corrected chi connectivity index (χ4v) is 8.62. The molecule has 0 amide bonds. The van der Waals surface area contributed by atoms with Crippen molar-refractivity contribution in [1.82, 2.24) is 0 Å². The van der Waals surface area contributed by atoms with Gasteiger partial charge in [0, 0.05) is 29.3 Å². The van der Waals surface area contributed by atoms with Gasteiger partial charge in [0.05, 0.1) is 0 Å². The molecule has 3 aromatic heterocycles. The van der Waals surface area contributed by atoms with E-state index in [0.717, 1.165) is 0 Å². The molecule has 0 fully saturated rings. The van der Waals surface area contributed by atoms with Crippen molar-refractivity contribution in [3.8, 4) is 19.5 Å². The molecule has 0 aliphatic carbocycles. The third-order valence-electron chi connectivity index (χ3n) is 7.11. The molecule has 0 unspecified atom stereocenters. The Labute approximate surface area is 228 Å². The van der Waals surface area contributed by atoms with Crippen LogP contribution in [0.2, 0.25) is 0 Å². The summed E-state index contributed by atoms with van der Waals surface area (Å²) in [5.41, 5.74) is 4.78. The standard InChI is InChI=1S/C32H48S3/c1-6-9-12-15-18-26-22-29(34-25(26)5)32-28(20-17-14-11-8-3)23-30(35-32)31-27(21-24(4)33-31)19-16-13-10-7-2/h21-23H,6-20H2,1-5H3. The Morgan fingerprint density at radius 1 is 0.486 bits per heavy atom. The molecule has 3 rings (SSSR count). The van der Waals surface area contributed by atoms with Crippen LogP contribution >= 0.6 is 34.0 Å². The summed E-state index contributed by atoms with van der Waals surface area (Å²) < 4.78 is 0. The van der Waals surface area contributed by atoms with Crippen LogP contribution in [0.3, 0.4) is 0 Å². The Morgan fingerprint density at radius 3 is 1.51 bits per heavy atom. The average molecular weight is 529 g/mol. The predicted molar refractivity (Wildman–Crippen MR) is 164 cm³/mol. The molecule has 0 N–H and O–H groups in total. The van der Waals surface area contributed by atoms with Gasteiger partial charge in [0.15, 0.2) is 0 Å². The molecule has 0 nitrogen and oxygen atoms in total. The molecule has 0 spiro atoms. The van der Waals surface area contributed by atoms with Gasteiger partial charge in [0.2, 0.25) is 0 Å². The maximum absolute atomic E-state index is 2.57. The lowest BCUT2D eigenvalue weighted by Crippen LogP contribution is -1.86. The summed E-state index contributed by atoms with van der Waals surface area (Å²) in [6.07, 6.45) is 19.8. The van der Waals surface area contributed by atoms with Crippen molar-refractivity contribution in [3.05, 3.63) is 44.6 Å². The first-order valence-corrected chi connectivity index (χ1v) is 16.8. The van der Waals surface area contributed by atoms with Crippen LogP contribution < -0.4 is 0 Å². The highest BCUT2D eigenvalue weighted by Crippen LogP contribution is 2.45. The highest BCUT2D eigenvalue weighted by molar-refractivity contribution is 7.26. The van der Waals surface area contributed by atoms with Crippen LogP contribution in [0.15, 0.2) is 18.2 Å². The van der Waals surface area contributed by atoms with Crippen LogP contribution in [0, 0.1) is 13.8 Å². The summed E-state index contributed by atoms with van der Waals surface area (Å²) >= 11 is 6.13. The molecule has 0 aliphatic rings. The third kappa shape index (κ3) is 8.58. The van der Waals surface area contributed by atoms with E-state index in [1.165, 1.54) is 116 Å². The second kappa shape index (κ2) is 15.4. The van der Waals surface area contributed by atoms with Gasteiger partial charge in [-0.05, 0) is 87.3 Å². The van der Waals surface area contributed by atoms with Gasteiger partial charge in [-0.2, -0.15) is 0 Å². The zero-order valence-corrected chi connectivity index (χ0v) is 25.5. The number of unbranched alkanes of at least 4 members (excludes halogenated alkanes) is 9. The maximum Gasteiger partial charge on any atom is 0.0481 e. The Hall–Kier alpha value is -0.900. The molecule has 0 radical (unpaired) electrons. The van der Waals surface area contributed by atoms with E-state index in [1.54, 1.807) is 26.4 Å². The lowest BCUT2D eigenvalue weighted by molar-refractivity contribution is 0.666. The number of rotatable bonds is 17. The smallest absolute Gasteiger partial charge is 0.0481 e. The van der Waals surface area contributed by atoms with Crippen molar-refractivity contribution in [1.29, 1.82) is 0 Å². The number of hydrogen-bond donors (Lipinski definition) is 0. The summed E-state index contributed by atoms with van der Waals surface area (Å²) in [7, 11) is 0. The summed E-state index contributed by atoms with van der Waals surface area (Å²) in [6.45, 7) is 11.5. The van der Waals surface area contributed by atoms with E-state index in [0.29, 0.717) is 0 Å². The van der Waals surface area contributed by atoms with Crippen LogP contribution in [0.5, 0.6) is 0 Å². The molecular formula is C32H48S3. The topological polar surface area (TPSA) is 0 Å². The fourth-order valence-electron chi connectivity index (χ4n) is 5.00. The van der Waals surface area contributed by atoms with E-state index >= 15 is 0 Å². The van der Waals surface area contributed by atoms with Crippen molar-refractivity contribution in [2.45, 2.75) is 131 Å². The Bertz CT molecular complexity index is 1000. The van der Waals surface area contributed by atoms with Crippen molar-refractivity contribution in [2.75, 3.05) is 0 Å². The minimum absolute atomic E-state index is 1.23. The fraction of sp³-hybridized carbons (Fsp3) is 0.625. The Balaban J connectivity index is 1.86. The highest BCUT2D eigenvalue weighted by atomic mass is 32.1. The number of aryl methyl sites for hydroxylation is 5. The molecule has 0 aromatic carbocycles. The molecule has 0 saturated carbocycles. The van der Waals surface area contributed by atoms with Crippen LogP contribution in [-0.4, -0.2) is 0 Å². The predicted octanol–water partition coefficient (Wildman–Crippen LogP) is 12.2. The monoisotopic (exact) mass is 528 g/mol. The van der Waals surface area contributed by atoms with Gasteiger partial charge >= 0.3 is 0 Å². The van der Waals surface area contributed by atoms with E-state index in [4.69, 9.17) is 0 Å². The molecule has 35 heavy (non-hydrogen) atoms. The SMILES string of the molecule is CCCCCCc1cc(-c2sc(-c3sc(C)cc3CCCCCC)cc2CCCCCC)sc1C. The molecule has 3 heterocycles. The van der Waals surface area contributed by atoms with E-state index in [2.05, 4.69) is 64.2 Å². The van der Waals surface area contributed by atoms with E-state index in [1.807, 2.05) is 22.7 Å². The van der Waals surface area contributed by atoms with E-state index < -0.39 is 0 Å². The summed E-state index contributed by atoms with van der Waals surface area (Å²) in [4.78, 5) is 9.15. The summed E-state index contributed by atoms with van der Waals surface area (Å²) in [5, 5.41) is 0. The van der Waals surface area contributed by atoms with Crippen molar-refractivity contribution in [2.24, 2.45) is 0 Å². The largest absolute Gasteiger partial charge is 0.139 e. The van der Waals surface area contributed by atoms with Gasteiger partial charge in [0.25, 0.3) is 0 Å². The first-order valence-electron chi connectivity index (χ1n) is 14.4. The van der Waals surface area contributed by atoms with Crippen molar-refractivity contribution >= 4 is 34.0 Å². The van der Waals surface area contributed by atoms with Crippen molar-refractivity contribution < 1.29 is 0 Å². The lowest BCUT2D eigenvalue weighted by Gasteiger charge is -2.02. The molecule has 0 aliphatic heterocycles. The van der Waals surface area contributed by atoms with Gasteiger partial charge in [-0.1, -0.05) is 78.6 Å². The summed E-state index contributed by atoms with van der Waals surface area (Å²) in [5.74, 6) is 0. The van der Waals surface area contributed by atoms with Gasteiger partial charge in [-0.3, -0.25) is 0 Å². The summed E-state index contributed by atoms with van der Waals surface area (Å²) in [6, 6.07) is 7.58.